The Balaban J connectivity index is 1.13. The second-order valence-electron chi connectivity index (χ2n) is 8.29. The monoisotopic (exact) mass is 449 g/mol. The zero-order valence-corrected chi connectivity index (χ0v) is 18.6. The normalized spacial score (nSPS) is 16.0. The number of ether oxygens (including phenoxy) is 1. The zero-order valence-electron chi connectivity index (χ0n) is 17.8. The number of hydrogen-bond acceptors (Lipinski definition) is 4. The van der Waals surface area contributed by atoms with E-state index < -0.39 is 10.0 Å². The Hall–Kier alpha value is -2.87. The Morgan fingerprint density at radius 3 is 2.62 bits per heavy atom. The molecule has 2 heterocycles. The smallest absolute Gasteiger partial charge is 0.240 e. The van der Waals surface area contributed by atoms with Crippen LogP contribution in [-0.2, 0) is 10.0 Å². The summed E-state index contributed by atoms with van der Waals surface area (Å²) in [5.74, 6) is 0.891. The van der Waals surface area contributed by atoms with Crippen molar-refractivity contribution < 1.29 is 13.2 Å². The fourth-order valence-electron chi connectivity index (χ4n) is 4.36. The SMILES string of the molecule is O=S(=O)(NC1CCN(CCOc2cccc3[nH]ccc23)CC1)c1ccc2ccccc2c1. The average molecular weight is 450 g/mol. The first-order chi connectivity index (χ1) is 15.6. The van der Waals surface area contributed by atoms with E-state index in [1.807, 2.05) is 60.8 Å². The van der Waals surface area contributed by atoms with Crippen LogP contribution in [0.5, 0.6) is 5.75 Å². The molecule has 0 saturated carbocycles. The number of sulfonamides is 1. The van der Waals surface area contributed by atoms with Gasteiger partial charge in [0.1, 0.15) is 12.4 Å². The van der Waals surface area contributed by atoms with Crippen LogP contribution >= 0.6 is 0 Å². The van der Waals surface area contributed by atoms with E-state index in [0.29, 0.717) is 11.5 Å². The molecule has 0 amide bonds. The minimum Gasteiger partial charge on any atom is -0.492 e. The van der Waals surface area contributed by atoms with Gasteiger partial charge in [0.2, 0.25) is 10.0 Å². The molecule has 6 nitrogen and oxygen atoms in total. The summed E-state index contributed by atoms with van der Waals surface area (Å²) in [5, 5.41) is 3.06. The van der Waals surface area contributed by atoms with E-state index in [2.05, 4.69) is 14.6 Å². The molecule has 4 aromatic rings. The lowest BCUT2D eigenvalue weighted by Gasteiger charge is -2.32. The van der Waals surface area contributed by atoms with Crippen molar-refractivity contribution in [1.29, 1.82) is 0 Å². The first kappa shape index (κ1) is 21.0. The maximum absolute atomic E-state index is 12.9. The standard InChI is InChI=1S/C25H27N3O3S/c29-32(30,22-9-8-19-4-1-2-5-20(19)18-22)27-21-11-14-28(15-12-21)16-17-31-25-7-3-6-24-23(25)10-13-26-24/h1-10,13,18,21,26-27H,11-12,14-17H2. The van der Waals surface area contributed by atoms with Gasteiger partial charge in [-0.05, 0) is 67.0 Å². The van der Waals surface area contributed by atoms with Gasteiger partial charge in [-0.15, -0.1) is 0 Å². The van der Waals surface area contributed by atoms with E-state index in [1.165, 1.54) is 0 Å². The van der Waals surface area contributed by atoms with Crippen molar-refractivity contribution in [2.75, 3.05) is 26.2 Å². The van der Waals surface area contributed by atoms with Crippen LogP contribution in [0.2, 0.25) is 0 Å². The van der Waals surface area contributed by atoms with E-state index in [4.69, 9.17) is 4.74 Å². The molecular weight excluding hydrogens is 422 g/mol. The van der Waals surface area contributed by atoms with Gasteiger partial charge in [0.05, 0.1) is 4.90 Å². The van der Waals surface area contributed by atoms with Crippen molar-refractivity contribution in [3.8, 4) is 5.75 Å². The third kappa shape index (κ3) is 4.50. The number of hydrogen-bond donors (Lipinski definition) is 2. The highest BCUT2D eigenvalue weighted by Crippen LogP contribution is 2.24. The van der Waals surface area contributed by atoms with Crippen molar-refractivity contribution >= 4 is 31.7 Å². The molecule has 0 atom stereocenters. The van der Waals surface area contributed by atoms with Crippen molar-refractivity contribution in [3.63, 3.8) is 0 Å². The van der Waals surface area contributed by atoms with Crippen LogP contribution in [0, 0.1) is 0 Å². The quantitative estimate of drug-likeness (QED) is 0.445. The lowest BCUT2D eigenvalue weighted by molar-refractivity contribution is 0.171. The van der Waals surface area contributed by atoms with Crippen LogP contribution in [0.15, 0.2) is 77.8 Å². The number of likely N-dealkylation sites (tertiary alicyclic amines) is 1. The summed E-state index contributed by atoms with van der Waals surface area (Å²) in [6.45, 7) is 3.13. The number of benzene rings is 3. The van der Waals surface area contributed by atoms with Gasteiger partial charge in [-0.1, -0.05) is 36.4 Å². The van der Waals surface area contributed by atoms with Gasteiger partial charge in [0.25, 0.3) is 0 Å². The molecule has 1 aromatic heterocycles. The van der Waals surface area contributed by atoms with E-state index >= 15 is 0 Å². The van der Waals surface area contributed by atoms with Gasteiger partial charge >= 0.3 is 0 Å². The van der Waals surface area contributed by atoms with Gasteiger partial charge in [-0.2, -0.15) is 0 Å². The second-order valence-corrected chi connectivity index (χ2v) is 10.0. The molecule has 1 aliphatic rings. The lowest BCUT2D eigenvalue weighted by atomic mass is 10.1. The number of aromatic nitrogens is 1. The number of fused-ring (bicyclic) bond motifs is 2. The van der Waals surface area contributed by atoms with E-state index in [1.54, 1.807) is 12.1 Å². The first-order valence-corrected chi connectivity index (χ1v) is 12.5. The average Bonchev–Trinajstić information content (AvgIpc) is 3.29. The van der Waals surface area contributed by atoms with Crippen molar-refractivity contribution in [3.05, 3.63) is 72.9 Å². The molecule has 166 valence electrons. The fraction of sp³-hybridized carbons (Fsp3) is 0.280. The van der Waals surface area contributed by atoms with Crippen LogP contribution in [0.4, 0.5) is 0 Å². The molecule has 0 radical (unpaired) electrons. The largest absolute Gasteiger partial charge is 0.492 e. The summed E-state index contributed by atoms with van der Waals surface area (Å²) < 4.78 is 34.7. The predicted octanol–water partition coefficient (Wildman–Crippen LogP) is 4.14. The number of nitrogens with zero attached hydrogens (tertiary/aromatic N) is 1. The minimum atomic E-state index is -3.53. The number of H-pyrrole nitrogens is 1. The maximum atomic E-state index is 12.9. The molecule has 1 aliphatic heterocycles. The van der Waals surface area contributed by atoms with Gasteiger partial charge in [-0.3, -0.25) is 4.90 Å². The van der Waals surface area contributed by atoms with Crippen molar-refractivity contribution in [2.24, 2.45) is 0 Å². The van der Waals surface area contributed by atoms with Gasteiger partial charge in [-0.25, -0.2) is 13.1 Å². The van der Waals surface area contributed by atoms with E-state index in [-0.39, 0.29) is 6.04 Å². The lowest BCUT2D eigenvalue weighted by Crippen LogP contribution is -2.45. The van der Waals surface area contributed by atoms with Crippen LogP contribution < -0.4 is 9.46 Å². The van der Waals surface area contributed by atoms with Gasteiger partial charge < -0.3 is 9.72 Å². The number of rotatable bonds is 7. The highest BCUT2D eigenvalue weighted by atomic mass is 32.2. The third-order valence-electron chi connectivity index (χ3n) is 6.16. The molecule has 0 unspecified atom stereocenters. The maximum Gasteiger partial charge on any atom is 0.240 e. The van der Waals surface area contributed by atoms with Gasteiger partial charge in [0.15, 0.2) is 0 Å². The zero-order chi connectivity index (χ0) is 22.0. The number of aromatic amines is 1. The molecule has 3 aromatic carbocycles. The van der Waals surface area contributed by atoms with Crippen molar-refractivity contribution in [2.45, 2.75) is 23.8 Å². The molecule has 7 heteroatoms. The molecular formula is C25H27N3O3S. The number of nitrogens with one attached hydrogen (secondary N) is 2. The van der Waals surface area contributed by atoms with Crippen LogP contribution in [-0.4, -0.2) is 50.6 Å². The Morgan fingerprint density at radius 1 is 0.969 bits per heavy atom. The summed E-state index contributed by atoms with van der Waals surface area (Å²) in [7, 11) is -3.53. The molecule has 0 aliphatic carbocycles. The summed E-state index contributed by atoms with van der Waals surface area (Å²) in [6, 6.07) is 21.1. The van der Waals surface area contributed by atoms with Crippen LogP contribution in [0.1, 0.15) is 12.8 Å². The first-order valence-electron chi connectivity index (χ1n) is 11.0. The van der Waals surface area contributed by atoms with E-state index in [0.717, 1.165) is 59.9 Å². The summed E-state index contributed by atoms with van der Waals surface area (Å²) in [4.78, 5) is 5.85. The molecule has 32 heavy (non-hydrogen) atoms. The van der Waals surface area contributed by atoms with Crippen LogP contribution in [0.25, 0.3) is 21.7 Å². The topological polar surface area (TPSA) is 74.4 Å². The second kappa shape index (κ2) is 8.94. The number of piperidine rings is 1. The third-order valence-corrected chi connectivity index (χ3v) is 7.68. The highest BCUT2D eigenvalue weighted by molar-refractivity contribution is 7.89. The highest BCUT2D eigenvalue weighted by Gasteiger charge is 2.24. The Kier molecular flexibility index (Phi) is 5.87. The molecule has 5 rings (SSSR count). The van der Waals surface area contributed by atoms with Gasteiger partial charge in [0, 0.05) is 29.7 Å². The molecule has 0 spiro atoms. The molecule has 0 bridgehead atoms. The van der Waals surface area contributed by atoms with Crippen LogP contribution in [0.3, 0.4) is 0 Å². The van der Waals surface area contributed by atoms with Crippen molar-refractivity contribution in [1.82, 2.24) is 14.6 Å². The predicted molar refractivity (Wildman–Crippen MR) is 128 cm³/mol. The summed E-state index contributed by atoms with van der Waals surface area (Å²) in [6.07, 6.45) is 3.50. The molecule has 1 fully saturated rings. The Labute approximate surface area is 188 Å². The summed E-state index contributed by atoms with van der Waals surface area (Å²) in [5.41, 5.74) is 1.07. The molecule has 2 N–H and O–H groups in total. The molecule has 1 saturated heterocycles. The Bertz CT molecular complexity index is 1320. The summed E-state index contributed by atoms with van der Waals surface area (Å²) >= 11 is 0. The fourth-order valence-corrected chi connectivity index (χ4v) is 5.70. The minimum absolute atomic E-state index is 0.0442. The Morgan fingerprint density at radius 2 is 1.78 bits per heavy atom. The van der Waals surface area contributed by atoms with E-state index in [9.17, 15) is 8.42 Å².